The van der Waals surface area contributed by atoms with Gasteiger partial charge in [0.2, 0.25) is 0 Å². The van der Waals surface area contributed by atoms with Gasteiger partial charge in [0, 0.05) is 17.7 Å². The lowest BCUT2D eigenvalue weighted by Crippen LogP contribution is -1.96. The van der Waals surface area contributed by atoms with E-state index >= 15 is 0 Å². The minimum absolute atomic E-state index is 0.161. The van der Waals surface area contributed by atoms with Crippen LogP contribution in [0.2, 0.25) is 0 Å². The number of hydrogen-bond acceptors (Lipinski definition) is 3. The first-order valence-electron chi connectivity index (χ1n) is 6.67. The molecule has 2 aromatic rings. The summed E-state index contributed by atoms with van der Waals surface area (Å²) in [7, 11) is 0. The molecule has 3 heteroatoms. The summed E-state index contributed by atoms with van der Waals surface area (Å²) in [5.41, 5.74) is 2.52. The molecule has 0 saturated heterocycles. The minimum Gasteiger partial charge on any atom is -0.457 e. The fourth-order valence-corrected chi connectivity index (χ4v) is 2.07. The van der Waals surface area contributed by atoms with Gasteiger partial charge in [0.25, 0.3) is 0 Å². The zero-order valence-corrected chi connectivity index (χ0v) is 11.5. The van der Waals surface area contributed by atoms with Crippen molar-refractivity contribution in [2.75, 3.05) is 6.61 Å². The van der Waals surface area contributed by atoms with Gasteiger partial charge in [-0.3, -0.25) is 4.79 Å². The molecule has 0 amide bonds. The molecule has 0 unspecified atom stereocenters. The Morgan fingerprint density at radius 1 is 1.10 bits per heavy atom. The molecule has 0 aliphatic rings. The average Bonchev–Trinajstić information content (AvgIpc) is 2.48. The maximum Gasteiger partial charge on any atom is 0.150 e. The van der Waals surface area contributed by atoms with Gasteiger partial charge in [0.1, 0.15) is 17.8 Å². The van der Waals surface area contributed by atoms with Gasteiger partial charge >= 0.3 is 0 Å². The van der Waals surface area contributed by atoms with Crippen molar-refractivity contribution >= 4 is 6.29 Å². The van der Waals surface area contributed by atoms with Crippen LogP contribution in [0.1, 0.15) is 27.9 Å². The van der Waals surface area contributed by atoms with E-state index in [1.165, 1.54) is 0 Å². The Hall–Kier alpha value is -2.13. The number of aliphatic hydroxyl groups is 1. The lowest BCUT2D eigenvalue weighted by Gasteiger charge is -2.13. The normalized spacial score (nSPS) is 10.3. The van der Waals surface area contributed by atoms with Crippen LogP contribution in [-0.4, -0.2) is 18.0 Å². The highest BCUT2D eigenvalue weighted by Crippen LogP contribution is 2.29. The van der Waals surface area contributed by atoms with E-state index in [-0.39, 0.29) is 6.61 Å². The third-order valence-electron chi connectivity index (χ3n) is 3.25. The summed E-state index contributed by atoms with van der Waals surface area (Å²) in [5.74, 6) is 1.46. The highest BCUT2D eigenvalue weighted by Gasteiger charge is 2.08. The monoisotopic (exact) mass is 270 g/mol. The second kappa shape index (κ2) is 6.87. The van der Waals surface area contributed by atoms with Crippen LogP contribution in [-0.2, 0) is 6.42 Å². The van der Waals surface area contributed by atoms with Gasteiger partial charge in [-0.1, -0.05) is 30.3 Å². The predicted molar refractivity (Wildman–Crippen MR) is 78.5 cm³/mol. The van der Waals surface area contributed by atoms with Gasteiger partial charge in [0.15, 0.2) is 0 Å². The molecule has 0 fully saturated rings. The van der Waals surface area contributed by atoms with Crippen molar-refractivity contribution in [3.63, 3.8) is 0 Å². The van der Waals surface area contributed by atoms with Crippen molar-refractivity contribution in [1.29, 1.82) is 0 Å². The Labute approximate surface area is 118 Å². The predicted octanol–water partition coefficient (Wildman–Crippen LogP) is 3.52. The third-order valence-corrected chi connectivity index (χ3v) is 3.25. The molecule has 0 atom stereocenters. The molecular weight excluding hydrogens is 252 g/mol. The zero-order valence-electron chi connectivity index (χ0n) is 11.5. The number of aryl methyl sites for hydroxylation is 1. The summed E-state index contributed by atoms with van der Waals surface area (Å²) in [5, 5.41) is 8.94. The number of carbonyl (C=O) groups excluding carboxylic acids is 1. The Kier molecular flexibility index (Phi) is 4.91. The molecular formula is C17H18O3. The van der Waals surface area contributed by atoms with E-state index in [0.717, 1.165) is 29.6 Å². The average molecular weight is 270 g/mol. The van der Waals surface area contributed by atoms with Crippen LogP contribution in [0.4, 0.5) is 0 Å². The summed E-state index contributed by atoms with van der Waals surface area (Å²) < 4.78 is 5.94. The van der Waals surface area contributed by atoms with Crippen LogP contribution in [0.5, 0.6) is 11.5 Å². The summed E-state index contributed by atoms with van der Waals surface area (Å²) >= 11 is 0. The lowest BCUT2D eigenvalue weighted by atomic mass is 10.1. The molecule has 2 rings (SSSR count). The quantitative estimate of drug-likeness (QED) is 0.817. The van der Waals surface area contributed by atoms with Crippen molar-refractivity contribution in [2.45, 2.75) is 19.8 Å². The highest BCUT2D eigenvalue weighted by molar-refractivity contribution is 5.78. The Bertz CT molecular complexity index is 591. The smallest absolute Gasteiger partial charge is 0.150 e. The van der Waals surface area contributed by atoms with E-state index in [9.17, 15) is 4.79 Å². The molecule has 1 N–H and O–H groups in total. The SMILES string of the molecule is Cc1c(C=O)cccc1Oc1ccccc1CCCO. The molecule has 0 spiro atoms. The van der Waals surface area contributed by atoms with Crippen molar-refractivity contribution in [3.05, 3.63) is 59.2 Å². The maximum absolute atomic E-state index is 11.0. The van der Waals surface area contributed by atoms with Crippen LogP contribution in [0.15, 0.2) is 42.5 Å². The second-order valence-electron chi connectivity index (χ2n) is 4.63. The first-order chi connectivity index (χ1) is 9.76. The van der Waals surface area contributed by atoms with Crippen molar-refractivity contribution < 1.29 is 14.6 Å². The van der Waals surface area contributed by atoms with Gasteiger partial charge in [0.05, 0.1) is 0 Å². The molecule has 104 valence electrons. The van der Waals surface area contributed by atoms with Crippen LogP contribution in [0.25, 0.3) is 0 Å². The summed E-state index contributed by atoms with van der Waals surface area (Å²) in [6, 6.07) is 13.2. The number of carbonyl (C=O) groups is 1. The van der Waals surface area contributed by atoms with Gasteiger partial charge in [-0.2, -0.15) is 0 Å². The summed E-state index contributed by atoms with van der Waals surface area (Å²) in [4.78, 5) is 11.0. The van der Waals surface area contributed by atoms with E-state index in [4.69, 9.17) is 9.84 Å². The highest BCUT2D eigenvalue weighted by atomic mass is 16.5. The van der Waals surface area contributed by atoms with E-state index in [2.05, 4.69) is 0 Å². The number of rotatable bonds is 6. The van der Waals surface area contributed by atoms with Crippen molar-refractivity contribution in [1.82, 2.24) is 0 Å². The standard InChI is InChI=1S/C17H18O3/c1-13-15(12-19)7-4-10-16(13)20-17-9-3-2-6-14(17)8-5-11-18/h2-4,6-7,9-10,12,18H,5,8,11H2,1H3. The van der Waals surface area contributed by atoms with Gasteiger partial charge in [-0.05, 0) is 37.5 Å². The zero-order chi connectivity index (χ0) is 14.4. The van der Waals surface area contributed by atoms with E-state index < -0.39 is 0 Å². The van der Waals surface area contributed by atoms with Gasteiger partial charge < -0.3 is 9.84 Å². The van der Waals surface area contributed by atoms with E-state index in [1.807, 2.05) is 43.3 Å². The van der Waals surface area contributed by atoms with Crippen LogP contribution >= 0.6 is 0 Å². The Morgan fingerprint density at radius 3 is 2.60 bits per heavy atom. The molecule has 2 aromatic carbocycles. The summed E-state index contributed by atoms with van der Waals surface area (Å²) in [6.07, 6.45) is 2.30. The van der Waals surface area contributed by atoms with E-state index in [1.54, 1.807) is 6.07 Å². The molecule has 3 nitrogen and oxygen atoms in total. The maximum atomic E-state index is 11.0. The molecule has 0 radical (unpaired) electrons. The van der Waals surface area contributed by atoms with E-state index in [0.29, 0.717) is 17.7 Å². The van der Waals surface area contributed by atoms with Gasteiger partial charge in [-0.25, -0.2) is 0 Å². The van der Waals surface area contributed by atoms with Crippen molar-refractivity contribution in [2.24, 2.45) is 0 Å². The minimum atomic E-state index is 0.161. The van der Waals surface area contributed by atoms with Crippen LogP contribution in [0, 0.1) is 6.92 Å². The van der Waals surface area contributed by atoms with Gasteiger partial charge in [-0.15, -0.1) is 0 Å². The molecule has 0 heterocycles. The number of aliphatic hydroxyl groups excluding tert-OH is 1. The number of aldehydes is 1. The number of para-hydroxylation sites is 1. The summed E-state index contributed by atoms with van der Waals surface area (Å²) in [6.45, 7) is 2.03. The molecule has 0 saturated carbocycles. The molecule has 0 aliphatic heterocycles. The first kappa shape index (κ1) is 14.3. The van der Waals surface area contributed by atoms with Crippen LogP contribution < -0.4 is 4.74 Å². The number of benzene rings is 2. The molecule has 0 bridgehead atoms. The molecule has 0 aromatic heterocycles. The number of hydrogen-bond donors (Lipinski definition) is 1. The third kappa shape index (κ3) is 3.25. The molecule has 0 aliphatic carbocycles. The lowest BCUT2D eigenvalue weighted by molar-refractivity contribution is 0.112. The second-order valence-corrected chi connectivity index (χ2v) is 4.63. The Balaban J connectivity index is 2.28. The largest absolute Gasteiger partial charge is 0.457 e. The Morgan fingerprint density at radius 2 is 1.85 bits per heavy atom. The topological polar surface area (TPSA) is 46.5 Å². The number of ether oxygens (including phenoxy) is 1. The fraction of sp³-hybridized carbons (Fsp3) is 0.235. The van der Waals surface area contributed by atoms with Crippen LogP contribution in [0.3, 0.4) is 0 Å². The fourth-order valence-electron chi connectivity index (χ4n) is 2.07. The molecule has 20 heavy (non-hydrogen) atoms. The van der Waals surface area contributed by atoms with Crippen molar-refractivity contribution in [3.8, 4) is 11.5 Å². The first-order valence-corrected chi connectivity index (χ1v) is 6.67.